The molecule has 0 unspecified atom stereocenters. The zero-order valence-electron chi connectivity index (χ0n) is 7.41. The fourth-order valence-corrected chi connectivity index (χ4v) is 0.910. The van der Waals surface area contributed by atoms with Crippen LogP contribution in [-0.4, -0.2) is 16.0 Å². The van der Waals surface area contributed by atoms with Crippen LogP contribution in [0, 0.1) is 0 Å². The molecule has 0 aliphatic carbocycles. The Kier molecular flexibility index (Phi) is 2.99. The number of nitrogens with one attached hydrogen (secondary N) is 1. The lowest BCUT2D eigenvalue weighted by Gasteiger charge is -2.10. The maximum atomic E-state index is 5.48. The average molecular weight is 166 g/mol. The first kappa shape index (κ1) is 8.93. The van der Waals surface area contributed by atoms with Crippen LogP contribution in [0.1, 0.15) is 19.5 Å². The average Bonchev–Trinajstić information content (AvgIpc) is 2.04. The smallest absolute Gasteiger partial charge is 0.149 e. The first-order chi connectivity index (χ1) is 5.74. The number of nitrogens with zero attached hydrogens (tertiary/aromatic N) is 2. The zero-order chi connectivity index (χ0) is 8.97. The van der Waals surface area contributed by atoms with Crippen LogP contribution in [0.5, 0.6) is 0 Å². The van der Waals surface area contributed by atoms with Gasteiger partial charge in [-0.15, -0.1) is 0 Å². The minimum Gasteiger partial charge on any atom is -0.366 e. The van der Waals surface area contributed by atoms with Crippen molar-refractivity contribution in [2.24, 2.45) is 5.73 Å². The van der Waals surface area contributed by atoms with Gasteiger partial charge in [-0.3, -0.25) is 4.98 Å². The van der Waals surface area contributed by atoms with Gasteiger partial charge in [-0.1, -0.05) is 0 Å². The molecule has 0 saturated carbocycles. The molecule has 1 rings (SSSR count). The molecule has 0 aliphatic heterocycles. The molecular formula is C8H14N4. The normalized spacial score (nSPS) is 10.3. The highest BCUT2D eigenvalue weighted by Crippen LogP contribution is 2.07. The third-order valence-electron chi connectivity index (χ3n) is 1.39. The third-order valence-corrected chi connectivity index (χ3v) is 1.39. The van der Waals surface area contributed by atoms with E-state index in [0.29, 0.717) is 12.6 Å². The number of hydrogen-bond donors (Lipinski definition) is 2. The molecule has 0 aliphatic rings. The van der Waals surface area contributed by atoms with Gasteiger partial charge in [0.15, 0.2) is 0 Å². The van der Waals surface area contributed by atoms with E-state index in [9.17, 15) is 0 Å². The Hall–Kier alpha value is -1.16. The van der Waals surface area contributed by atoms with Crippen molar-refractivity contribution in [2.45, 2.75) is 26.4 Å². The van der Waals surface area contributed by atoms with Crippen LogP contribution in [0.15, 0.2) is 12.4 Å². The van der Waals surface area contributed by atoms with Crippen molar-refractivity contribution in [3.8, 4) is 0 Å². The fourth-order valence-electron chi connectivity index (χ4n) is 0.910. The SMILES string of the molecule is CC(C)Nc1nccnc1CN. The molecule has 4 heteroatoms. The summed E-state index contributed by atoms with van der Waals surface area (Å²) in [4.78, 5) is 8.24. The lowest BCUT2D eigenvalue weighted by molar-refractivity contribution is 0.865. The second-order valence-electron chi connectivity index (χ2n) is 2.85. The molecule has 0 spiro atoms. The Bertz CT molecular complexity index is 247. The lowest BCUT2D eigenvalue weighted by Crippen LogP contribution is -2.15. The van der Waals surface area contributed by atoms with Gasteiger partial charge in [0, 0.05) is 25.0 Å². The number of rotatable bonds is 3. The van der Waals surface area contributed by atoms with Crippen molar-refractivity contribution in [1.29, 1.82) is 0 Å². The minimum atomic E-state index is 0.354. The number of aromatic nitrogens is 2. The molecule has 0 aromatic carbocycles. The molecule has 0 radical (unpaired) electrons. The van der Waals surface area contributed by atoms with Crippen LogP contribution in [0.2, 0.25) is 0 Å². The number of nitrogens with two attached hydrogens (primary N) is 1. The molecule has 3 N–H and O–H groups in total. The van der Waals surface area contributed by atoms with Gasteiger partial charge in [0.2, 0.25) is 0 Å². The van der Waals surface area contributed by atoms with E-state index in [1.165, 1.54) is 0 Å². The Labute approximate surface area is 72.2 Å². The second kappa shape index (κ2) is 4.01. The summed E-state index contributed by atoms with van der Waals surface area (Å²) in [6.07, 6.45) is 3.30. The first-order valence-corrected chi connectivity index (χ1v) is 4.00. The largest absolute Gasteiger partial charge is 0.366 e. The highest BCUT2D eigenvalue weighted by atomic mass is 15.0. The van der Waals surface area contributed by atoms with Crippen LogP contribution in [-0.2, 0) is 6.54 Å². The van der Waals surface area contributed by atoms with Crippen LogP contribution < -0.4 is 11.1 Å². The van der Waals surface area contributed by atoms with Gasteiger partial charge in [-0.05, 0) is 13.8 Å². The summed E-state index contributed by atoms with van der Waals surface area (Å²) in [5.74, 6) is 0.787. The number of hydrogen-bond acceptors (Lipinski definition) is 4. The Morgan fingerprint density at radius 3 is 2.67 bits per heavy atom. The van der Waals surface area contributed by atoms with Crippen LogP contribution in [0.25, 0.3) is 0 Å². The fraction of sp³-hybridized carbons (Fsp3) is 0.500. The molecule has 0 atom stereocenters. The molecule has 4 nitrogen and oxygen atoms in total. The van der Waals surface area contributed by atoms with E-state index >= 15 is 0 Å². The van der Waals surface area contributed by atoms with Crippen LogP contribution in [0.4, 0.5) is 5.82 Å². The quantitative estimate of drug-likeness (QED) is 0.695. The predicted molar refractivity (Wildman–Crippen MR) is 48.7 cm³/mol. The molecule has 1 heterocycles. The van der Waals surface area contributed by atoms with Gasteiger partial charge >= 0.3 is 0 Å². The molecule has 66 valence electrons. The highest BCUT2D eigenvalue weighted by molar-refractivity contribution is 5.39. The van der Waals surface area contributed by atoms with Gasteiger partial charge < -0.3 is 11.1 Å². The monoisotopic (exact) mass is 166 g/mol. The zero-order valence-corrected chi connectivity index (χ0v) is 7.41. The Balaban J connectivity index is 2.82. The molecule has 0 saturated heterocycles. The Morgan fingerprint density at radius 1 is 1.42 bits per heavy atom. The standard InChI is InChI=1S/C8H14N4/c1-6(2)12-8-7(5-9)10-3-4-11-8/h3-4,6H,5,9H2,1-2H3,(H,11,12). The molecule has 0 fully saturated rings. The van der Waals surface area contributed by atoms with Gasteiger partial charge in [0.1, 0.15) is 5.82 Å². The summed E-state index contributed by atoms with van der Waals surface area (Å²) < 4.78 is 0. The predicted octanol–water partition coefficient (Wildman–Crippen LogP) is 0.756. The summed E-state index contributed by atoms with van der Waals surface area (Å²) in [6, 6.07) is 0.354. The van der Waals surface area contributed by atoms with Crippen molar-refractivity contribution in [2.75, 3.05) is 5.32 Å². The first-order valence-electron chi connectivity index (χ1n) is 4.00. The summed E-state index contributed by atoms with van der Waals surface area (Å²) in [5, 5.41) is 3.17. The van der Waals surface area contributed by atoms with Crippen molar-refractivity contribution in [3.05, 3.63) is 18.1 Å². The summed E-state index contributed by atoms with van der Waals surface area (Å²) >= 11 is 0. The minimum absolute atomic E-state index is 0.354. The van der Waals surface area contributed by atoms with Crippen molar-refractivity contribution in [1.82, 2.24) is 9.97 Å². The molecular weight excluding hydrogens is 152 g/mol. The maximum absolute atomic E-state index is 5.48. The maximum Gasteiger partial charge on any atom is 0.149 e. The van der Waals surface area contributed by atoms with E-state index in [0.717, 1.165) is 11.5 Å². The third kappa shape index (κ3) is 2.17. The lowest BCUT2D eigenvalue weighted by atomic mass is 10.3. The van der Waals surface area contributed by atoms with Gasteiger partial charge in [0.25, 0.3) is 0 Å². The van der Waals surface area contributed by atoms with Gasteiger partial charge in [-0.2, -0.15) is 0 Å². The van der Waals surface area contributed by atoms with E-state index in [2.05, 4.69) is 29.1 Å². The van der Waals surface area contributed by atoms with Crippen LogP contribution in [0.3, 0.4) is 0 Å². The van der Waals surface area contributed by atoms with Crippen LogP contribution >= 0.6 is 0 Å². The van der Waals surface area contributed by atoms with E-state index in [-0.39, 0.29) is 0 Å². The topological polar surface area (TPSA) is 63.8 Å². The second-order valence-corrected chi connectivity index (χ2v) is 2.85. The molecule has 0 bridgehead atoms. The highest BCUT2D eigenvalue weighted by Gasteiger charge is 2.02. The molecule has 0 amide bonds. The molecule has 1 aromatic heterocycles. The van der Waals surface area contributed by atoms with Crippen molar-refractivity contribution in [3.63, 3.8) is 0 Å². The Morgan fingerprint density at radius 2 is 2.08 bits per heavy atom. The molecule has 12 heavy (non-hydrogen) atoms. The summed E-state index contributed by atoms with van der Waals surface area (Å²) in [7, 11) is 0. The van der Waals surface area contributed by atoms with E-state index in [1.54, 1.807) is 12.4 Å². The summed E-state index contributed by atoms with van der Waals surface area (Å²) in [5.41, 5.74) is 6.30. The van der Waals surface area contributed by atoms with E-state index in [1.807, 2.05) is 0 Å². The number of anilines is 1. The van der Waals surface area contributed by atoms with Gasteiger partial charge in [-0.25, -0.2) is 4.98 Å². The van der Waals surface area contributed by atoms with E-state index < -0.39 is 0 Å². The van der Waals surface area contributed by atoms with Gasteiger partial charge in [0.05, 0.1) is 5.69 Å². The van der Waals surface area contributed by atoms with Crippen molar-refractivity contribution < 1.29 is 0 Å². The van der Waals surface area contributed by atoms with Crippen molar-refractivity contribution >= 4 is 5.82 Å². The molecule has 1 aromatic rings. The summed E-state index contributed by atoms with van der Waals surface area (Å²) in [6.45, 7) is 4.52. The van der Waals surface area contributed by atoms with E-state index in [4.69, 9.17) is 5.73 Å².